The van der Waals surface area contributed by atoms with E-state index in [-0.39, 0.29) is 11.8 Å². The van der Waals surface area contributed by atoms with Crippen molar-refractivity contribution in [3.63, 3.8) is 0 Å². The smallest absolute Gasteiger partial charge is 0.243 e. The van der Waals surface area contributed by atoms with E-state index in [0.717, 1.165) is 30.6 Å². The van der Waals surface area contributed by atoms with Crippen LogP contribution in [0, 0.1) is 0 Å². The first kappa shape index (κ1) is 20.8. The second-order valence-electron chi connectivity index (χ2n) is 5.91. The molecule has 6 nitrogen and oxygen atoms in total. The highest BCUT2D eigenvalue weighted by molar-refractivity contribution is 8.76. The number of rotatable bonds is 5. The summed E-state index contributed by atoms with van der Waals surface area (Å²) in [5, 5.41) is 5.76. The van der Waals surface area contributed by atoms with Gasteiger partial charge in [-0.05, 0) is 18.9 Å². The number of amides is 2. The molecule has 1 saturated heterocycles. The van der Waals surface area contributed by atoms with E-state index in [4.69, 9.17) is 9.47 Å². The average molecular weight is 399 g/mol. The van der Waals surface area contributed by atoms with E-state index in [2.05, 4.69) is 10.6 Å². The highest BCUT2D eigenvalue weighted by Gasteiger charge is 2.22. The summed E-state index contributed by atoms with van der Waals surface area (Å²) in [6, 6.07) is 5.00. The number of carbonyl (C=O) groups is 2. The fourth-order valence-electron chi connectivity index (χ4n) is 2.65. The molecule has 1 aliphatic heterocycles. The number of hydrogen-bond acceptors (Lipinski definition) is 6. The lowest BCUT2D eigenvalue weighted by Crippen LogP contribution is -2.48. The molecule has 1 aliphatic rings. The molecule has 2 amide bonds. The molecule has 1 heterocycles. The third-order valence-electron chi connectivity index (χ3n) is 4.04. The van der Waals surface area contributed by atoms with Crippen molar-refractivity contribution in [3.8, 4) is 11.5 Å². The molecule has 0 aromatic heterocycles. The number of methoxy groups -OCH3 is 2. The summed E-state index contributed by atoms with van der Waals surface area (Å²) < 4.78 is 10.7. The van der Waals surface area contributed by atoms with Crippen LogP contribution in [0.2, 0.25) is 0 Å². The first-order valence-corrected chi connectivity index (χ1v) is 11.2. The summed E-state index contributed by atoms with van der Waals surface area (Å²) in [6.45, 7) is 0.309. The van der Waals surface area contributed by atoms with Crippen molar-refractivity contribution < 1.29 is 19.1 Å². The SMILES string of the molecule is COc1cccc(CNC(=O)[C@@H]2CSSCCCCCC(=O)N2)c1OC. The second kappa shape index (κ2) is 11.2. The lowest BCUT2D eigenvalue weighted by Gasteiger charge is -2.18. The first-order valence-electron chi connectivity index (χ1n) is 8.67. The Morgan fingerprint density at radius 2 is 2.08 bits per heavy atom. The number of nitrogens with one attached hydrogen (secondary N) is 2. The van der Waals surface area contributed by atoms with Crippen LogP contribution in [0.3, 0.4) is 0 Å². The predicted octanol–water partition coefficient (Wildman–Crippen LogP) is 2.76. The molecule has 0 saturated carbocycles. The lowest BCUT2D eigenvalue weighted by atomic mass is 10.1. The summed E-state index contributed by atoms with van der Waals surface area (Å²) >= 11 is 0. The lowest BCUT2D eigenvalue weighted by molar-refractivity contribution is -0.128. The molecule has 1 fully saturated rings. The Bertz CT molecular complexity index is 613. The van der Waals surface area contributed by atoms with Crippen molar-refractivity contribution >= 4 is 33.4 Å². The van der Waals surface area contributed by atoms with Crippen molar-refractivity contribution in [1.82, 2.24) is 10.6 Å². The van der Waals surface area contributed by atoms with E-state index in [1.165, 1.54) is 0 Å². The number of para-hydroxylation sites is 1. The summed E-state index contributed by atoms with van der Waals surface area (Å²) in [4.78, 5) is 24.6. The number of ether oxygens (including phenoxy) is 2. The van der Waals surface area contributed by atoms with Crippen molar-refractivity contribution in [1.29, 1.82) is 0 Å². The van der Waals surface area contributed by atoms with Gasteiger partial charge in [-0.15, -0.1) is 0 Å². The monoisotopic (exact) mass is 398 g/mol. The molecular weight excluding hydrogens is 372 g/mol. The molecule has 8 heteroatoms. The van der Waals surface area contributed by atoms with Crippen LogP contribution in [0.5, 0.6) is 11.5 Å². The molecule has 0 unspecified atom stereocenters. The standard InChI is InChI=1S/C18H26N2O4S2/c1-23-15-8-6-7-13(17(15)24-2)11-19-18(22)14-12-26-25-10-5-3-4-9-16(21)20-14/h6-8,14H,3-5,9-12H2,1-2H3,(H,19,22)(H,20,21)/t14-/m0/s1. The number of hydrogen-bond donors (Lipinski definition) is 2. The maximum atomic E-state index is 12.6. The summed E-state index contributed by atoms with van der Waals surface area (Å²) in [5.74, 6) is 2.58. The molecule has 0 radical (unpaired) electrons. The van der Waals surface area contributed by atoms with Crippen molar-refractivity contribution in [2.75, 3.05) is 25.7 Å². The predicted molar refractivity (Wildman–Crippen MR) is 107 cm³/mol. The van der Waals surface area contributed by atoms with Crippen LogP contribution in [0.25, 0.3) is 0 Å². The maximum absolute atomic E-state index is 12.6. The minimum atomic E-state index is -0.533. The van der Waals surface area contributed by atoms with Gasteiger partial charge in [-0.1, -0.05) is 40.1 Å². The van der Waals surface area contributed by atoms with Crippen molar-refractivity contribution in [2.24, 2.45) is 0 Å². The normalized spacial score (nSPS) is 19.0. The Balaban J connectivity index is 1.99. The molecule has 0 bridgehead atoms. The molecular formula is C18H26N2O4S2. The Morgan fingerprint density at radius 3 is 2.85 bits per heavy atom. The Morgan fingerprint density at radius 1 is 1.23 bits per heavy atom. The molecule has 1 aromatic carbocycles. The molecule has 26 heavy (non-hydrogen) atoms. The van der Waals surface area contributed by atoms with Crippen LogP contribution in [0.1, 0.15) is 31.2 Å². The van der Waals surface area contributed by atoms with E-state index in [1.807, 2.05) is 18.2 Å². The quantitative estimate of drug-likeness (QED) is 0.743. The first-order chi connectivity index (χ1) is 12.7. The Kier molecular flexibility index (Phi) is 8.97. The number of carbonyl (C=O) groups excluding carboxylic acids is 2. The van der Waals surface area contributed by atoms with Gasteiger partial charge in [-0.2, -0.15) is 0 Å². The molecule has 144 valence electrons. The van der Waals surface area contributed by atoms with E-state index in [0.29, 0.717) is 30.2 Å². The van der Waals surface area contributed by atoms with Gasteiger partial charge in [0.15, 0.2) is 11.5 Å². The zero-order chi connectivity index (χ0) is 18.8. The minimum Gasteiger partial charge on any atom is -0.493 e. The van der Waals surface area contributed by atoms with Gasteiger partial charge in [-0.3, -0.25) is 9.59 Å². The molecule has 2 N–H and O–H groups in total. The summed E-state index contributed by atoms with van der Waals surface area (Å²) in [6.07, 6.45) is 3.50. The van der Waals surface area contributed by atoms with Gasteiger partial charge in [0.05, 0.1) is 14.2 Å². The van der Waals surface area contributed by atoms with Crippen LogP contribution >= 0.6 is 21.6 Å². The van der Waals surface area contributed by atoms with E-state index in [9.17, 15) is 9.59 Å². The van der Waals surface area contributed by atoms with Gasteiger partial charge in [0.25, 0.3) is 0 Å². The van der Waals surface area contributed by atoms with Crippen LogP contribution in [0.15, 0.2) is 18.2 Å². The van der Waals surface area contributed by atoms with E-state index < -0.39 is 6.04 Å². The topological polar surface area (TPSA) is 76.7 Å². The molecule has 1 aromatic rings. The van der Waals surface area contributed by atoms with Crippen molar-refractivity contribution in [3.05, 3.63) is 23.8 Å². The van der Waals surface area contributed by atoms with Crippen LogP contribution in [0.4, 0.5) is 0 Å². The molecule has 0 spiro atoms. The zero-order valence-corrected chi connectivity index (χ0v) is 16.8. The zero-order valence-electron chi connectivity index (χ0n) is 15.2. The van der Waals surface area contributed by atoms with Gasteiger partial charge in [0, 0.05) is 30.0 Å². The van der Waals surface area contributed by atoms with Gasteiger partial charge in [-0.25, -0.2) is 0 Å². The Labute approximate surface area is 162 Å². The second-order valence-corrected chi connectivity index (χ2v) is 8.53. The largest absolute Gasteiger partial charge is 0.493 e. The van der Waals surface area contributed by atoms with Gasteiger partial charge in [0.1, 0.15) is 6.04 Å². The van der Waals surface area contributed by atoms with Crippen molar-refractivity contribution in [2.45, 2.75) is 38.3 Å². The van der Waals surface area contributed by atoms with Gasteiger partial charge < -0.3 is 20.1 Å². The van der Waals surface area contributed by atoms with Gasteiger partial charge in [0.2, 0.25) is 11.8 Å². The molecule has 2 rings (SSSR count). The highest BCUT2D eigenvalue weighted by Crippen LogP contribution is 2.30. The third-order valence-corrected chi connectivity index (χ3v) is 6.54. The summed E-state index contributed by atoms with van der Waals surface area (Å²) in [5.41, 5.74) is 0.824. The number of benzene rings is 1. The maximum Gasteiger partial charge on any atom is 0.243 e. The third kappa shape index (κ3) is 6.32. The Hall–Kier alpha value is -1.54. The molecule has 0 aliphatic carbocycles. The van der Waals surface area contributed by atoms with E-state index >= 15 is 0 Å². The summed E-state index contributed by atoms with van der Waals surface area (Å²) in [7, 11) is 6.54. The van der Waals surface area contributed by atoms with E-state index in [1.54, 1.807) is 35.8 Å². The minimum absolute atomic E-state index is 0.0587. The fourth-order valence-corrected chi connectivity index (χ4v) is 4.96. The van der Waals surface area contributed by atoms with Crippen LogP contribution < -0.4 is 20.1 Å². The highest BCUT2D eigenvalue weighted by atomic mass is 33.1. The van der Waals surface area contributed by atoms with Gasteiger partial charge >= 0.3 is 0 Å². The molecule has 1 atom stereocenters. The van der Waals surface area contributed by atoms with Crippen LogP contribution in [-0.4, -0.2) is 43.6 Å². The fraction of sp³-hybridized carbons (Fsp3) is 0.556. The van der Waals surface area contributed by atoms with Crippen LogP contribution in [-0.2, 0) is 16.1 Å². The average Bonchev–Trinajstić information content (AvgIpc) is 2.70.